The SMILES string of the molecule is CNC(=O)C(NC1CCC(C(=O)OC)CC1)C(C)C. The first-order valence-electron chi connectivity index (χ1n) is 7.05. The minimum Gasteiger partial charge on any atom is -0.469 e. The van der Waals surface area contributed by atoms with Crippen LogP contribution in [0.25, 0.3) is 0 Å². The number of ether oxygens (including phenoxy) is 1. The summed E-state index contributed by atoms with van der Waals surface area (Å²) < 4.78 is 4.78. The summed E-state index contributed by atoms with van der Waals surface area (Å²) in [6.07, 6.45) is 3.51. The maximum atomic E-state index is 11.8. The fourth-order valence-corrected chi connectivity index (χ4v) is 2.64. The van der Waals surface area contributed by atoms with Crippen LogP contribution in [0.3, 0.4) is 0 Å². The second-order valence-electron chi connectivity index (χ2n) is 5.57. The van der Waals surface area contributed by atoms with Crippen molar-refractivity contribution in [3.05, 3.63) is 0 Å². The van der Waals surface area contributed by atoms with Gasteiger partial charge in [-0.15, -0.1) is 0 Å². The average molecular weight is 270 g/mol. The molecule has 0 aromatic carbocycles. The molecule has 0 aromatic heterocycles. The molecule has 0 aliphatic heterocycles. The molecule has 1 aliphatic carbocycles. The van der Waals surface area contributed by atoms with Crippen molar-refractivity contribution in [3.8, 4) is 0 Å². The second-order valence-corrected chi connectivity index (χ2v) is 5.57. The van der Waals surface area contributed by atoms with Gasteiger partial charge in [0.05, 0.1) is 19.1 Å². The molecule has 0 spiro atoms. The molecule has 0 radical (unpaired) electrons. The van der Waals surface area contributed by atoms with Crippen LogP contribution in [-0.2, 0) is 14.3 Å². The van der Waals surface area contributed by atoms with Crippen molar-refractivity contribution in [2.24, 2.45) is 11.8 Å². The molecule has 0 bridgehead atoms. The Hall–Kier alpha value is -1.10. The normalized spacial score (nSPS) is 24.9. The predicted octanol–water partition coefficient (Wildman–Crippen LogP) is 1.08. The molecular formula is C14H26N2O3. The average Bonchev–Trinajstić information content (AvgIpc) is 2.43. The largest absolute Gasteiger partial charge is 0.469 e. The van der Waals surface area contributed by atoms with E-state index in [1.165, 1.54) is 7.11 Å². The molecule has 1 rings (SSSR count). The van der Waals surface area contributed by atoms with Crippen molar-refractivity contribution < 1.29 is 14.3 Å². The molecule has 1 atom stereocenters. The first-order valence-corrected chi connectivity index (χ1v) is 7.05. The van der Waals surface area contributed by atoms with E-state index in [2.05, 4.69) is 10.6 Å². The summed E-state index contributed by atoms with van der Waals surface area (Å²) in [6, 6.07) is 0.148. The van der Waals surface area contributed by atoms with Gasteiger partial charge in [-0.25, -0.2) is 0 Å². The van der Waals surface area contributed by atoms with E-state index in [0.717, 1.165) is 25.7 Å². The summed E-state index contributed by atoms with van der Waals surface area (Å²) >= 11 is 0. The van der Waals surface area contributed by atoms with Crippen molar-refractivity contribution in [1.29, 1.82) is 0 Å². The summed E-state index contributed by atoms with van der Waals surface area (Å²) in [7, 11) is 3.10. The Morgan fingerprint density at radius 1 is 1.16 bits per heavy atom. The van der Waals surface area contributed by atoms with Crippen LogP contribution >= 0.6 is 0 Å². The van der Waals surface area contributed by atoms with Crippen LogP contribution in [0.5, 0.6) is 0 Å². The monoisotopic (exact) mass is 270 g/mol. The molecule has 0 saturated heterocycles. The first-order chi connectivity index (χ1) is 8.99. The standard InChI is InChI=1S/C14H26N2O3/c1-9(2)12(13(17)15-3)16-11-7-5-10(6-8-11)14(18)19-4/h9-12,16H,5-8H2,1-4H3,(H,15,17). The Bertz CT molecular complexity index is 310. The number of methoxy groups -OCH3 is 1. The van der Waals surface area contributed by atoms with Crippen LogP contribution in [-0.4, -0.2) is 38.1 Å². The van der Waals surface area contributed by atoms with Gasteiger partial charge in [0.15, 0.2) is 0 Å². The summed E-state index contributed by atoms with van der Waals surface area (Å²) in [4.78, 5) is 23.3. The highest BCUT2D eigenvalue weighted by atomic mass is 16.5. The lowest BCUT2D eigenvalue weighted by atomic mass is 9.85. The third kappa shape index (κ3) is 4.49. The van der Waals surface area contributed by atoms with Crippen molar-refractivity contribution in [1.82, 2.24) is 10.6 Å². The van der Waals surface area contributed by atoms with Gasteiger partial charge in [-0.1, -0.05) is 13.8 Å². The lowest BCUT2D eigenvalue weighted by Gasteiger charge is -2.32. The molecule has 2 N–H and O–H groups in total. The van der Waals surface area contributed by atoms with Crippen LogP contribution in [0.4, 0.5) is 0 Å². The van der Waals surface area contributed by atoms with Crippen LogP contribution in [0, 0.1) is 11.8 Å². The Labute approximate surface area is 115 Å². The first kappa shape index (κ1) is 16.0. The molecule has 5 heteroatoms. The second kappa shape index (κ2) is 7.48. The molecule has 1 saturated carbocycles. The summed E-state index contributed by atoms with van der Waals surface area (Å²) in [5, 5.41) is 6.12. The molecule has 1 amide bonds. The number of carbonyl (C=O) groups is 2. The molecule has 5 nitrogen and oxygen atoms in total. The Balaban J connectivity index is 2.47. The van der Waals surface area contributed by atoms with Crippen molar-refractivity contribution >= 4 is 11.9 Å². The van der Waals surface area contributed by atoms with Crippen LogP contribution < -0.4 is 10.6 Å². The quantitative estimate of drug-likeness (QED) is 0.734. The zero-order chi connectivity index (χ0) is 14.4. The summed E-state index contributed by atoms with van der Waals surface area (Å²) in [5.74, 6) is 0.203. The summed E-state index contributed by atoms with van der Waals surface area (Å²) in [6.45, 7) is 4.07. The molecule has 0 heterocycles. The zero-order valence-corrected chi connectivity index (χ0v) is 12.4. The molecule has 0 aromatic rings. The van der Waals surface area contributed by atoms with E-state index >= 15 is 0 Å². The number of amides is 1. The summed E-state index contributed by atoms with van der Waals surface area (Å²) in [5.41, 5.74) is 0. The van der Waals surface area contributed by atoms with Crippen LogP contribution in [0.15, 0.2) is 0 Å². The van der Waals surface area contributed by atoms with E-state index in [0.29, 0.717) is 6.04 Å². The number of likely N-dealkylation sites (N-methyl/N-ethyl adjacent to an activating group) is 1. The fraction of sp³-hybridized carbons (Fsp3) is 0.857. The molecule has 110 valence electrons. The minimum absolute atomic E-state index is 0.0283. The van der Waals surface area contributed by atoms with Gasteiger partial charge in [-0.05, 0) is 31.6 Å². The van der Waals surface area contributed by atoms with Gasteiger partial charge in [0.2, 0.25) is 5.91 Å². The highest BCUT2D eigenvalue weighted by Crippen LogP contribution is 2.26. The lowest BCUT2D eigenvalue weighted by molar-refractivity contribution is -0.146. The molecular weight excluding hydrogens is 244 g/mol. The predicted molar refractivity (Wildman–Crippen MR) is 73.6 cm³/mol. The van der Waals surface area contributed by atoms with Gasteiger partial charge in [0, 0.05) is 13.1 Å². The third-order valence-electron chi connectivity index (χ3n) is 3.87. The number of hydrogen-bond donors (Lipinski definition) is 2. The van der Waals surface area contributed by atoms with Gasteiger partial charge in [0.1, 0.15) is 0 Å². The maximum Gasteiger partial charge on any atom is 0.308 e. The van der Waals surface area contributed by atoms with Crippen molar-refractivity contribution in [3.63, 3.8) is 0 Å². The van der Waals surface area contributed by atoms with Gasteiger partial charge in [-0.2, -0.15) is 0 Å². The number of hydrogen-bond acceptors (Lipinski definition) is 4. The zero-order valence-electron chi connectivity index (χ0n) is 12.4. The van der Waals surface area contributed by atoms with Gasteiger partial charge < -0.3 is 15.4 Å². The molecule has 1 aliphatic rings. The number of rotatable bonds is 5. The van der Waals surface area contributed by atoms with E-state index in [4.69, 9.17) is 4.74 Å². The smallest absolute Gasteiger partial charge is 0.308 e. The Morgan fingerprint density at radius 2 is 1.74 bits per heavy atom. The van der Waals surface area contributed by atoms with Gasteiger partial charge in [0.25, 0.3) is 0 Å². The Morgan fingerprint density at radius 3 is 2.16 bits per heavy atom. The number of nitrogens with one attached hydrogen (secondary N) is 2. The van der Waals surface area contributed by atoms with E-state index in [1.807, 2.05) is 13.8 Å². The highest BCUT2D eigenvalue weighted by Gasteiger charge is 2.30. The molecule has 1 fully saturated rings. The van der Waals surface area contributed by atoms with Gasteiger partial charge >= 0.3 is 5.97 Å². The third-order valence-corrected chi connectivity index (χ3v) is 3.87. The maximum absolute atomic E-state index is 11.8. The molecule has 1 unspecified atom stereocenters. The van der Waals surface area contributed by atoms with Crippen LogP contribution in [0.2, 0.25) is 0 Å². The minimum atomic E-state index is -0.162. The van der Waals surface area contributed by atoms with E-state index < -0.39 is 0 Å². The van der Waals surface area contributed by atoms with Crippen molar-refractivity contribution in [2.75, 3.05) is 14.2 Å². The molecule has 19 heavy (non-hydrogen) atoms. The van der Waals surface area contributed by atoms with Gasteiger partial charge in [-0.3, -0.25) is 9.59 Å². The lowest BCUT2D eigenvalue weighted by Crippen LogP contribution is -2.51. The topological polar surface area (TPSA) is 67.4 Å². The fourth-order valence-electron chi connectivity index (χ4n) is 2.64. The number of esters is 1. The van der Waals surface area contributed by atoms with Crippen molar-refractivity contribution in [2.45, 2.75) is 51.6 Å². The van der Waals surface area contributed by atoms with E-state index in [1.54, 1.807) is 7.05 Å². The Kier molecular flexibility index (Phi) is 6.28. The van der Waals surface area contributed by atoms with E-state index in [-0.39, 0.29) is 29.8 Å². The van der Waals surface area contributed by atoms with Crippen LogP contribution in [0.1, 0.15) is 39.5 Å². The highest BCUT2D eigenvalue weighted by molar-refractivity contribution is 5.81. The van der Waals surface area contributed by atoms with E-state index in [9.17, 15) is 9.59 Å². The number of carbonyl (C=O) groups excluding carboxylic acids is 2.